The monoisotopic (exact) mass is 281 g/mol. The van der Waals surface area contributed by atoms with E-state index in [0.717, 1.165) is 22.4 Å². The topological polar surface area (TPSA) is 69.6 Å². The average molecular weight is 282 g/mol. The van der Waals surface area contributed by atoms with Crippen LogP contribution in [0.1, 0.15) is 12.6 Å². The number of anilines is 1. The van der Waals surface area contributed by atoms with Crippen LogP contribution in [0.2, 0.25) is 0 Å². The van der Waals surface area contributed by atoms with Crippen LogP contribution in [0, 0.1) is 6.92 Å². The molecule has 2 N–H and O–H groups in total. The van der Waals surface area contributed by atoms with Crippen molar-refractivity contribution >= 4 is 21.7 Å². The molecule has 84 valence electrons. The molecule has 2 aromatic heterocycles. The van der Waals surface area contributed by atoms with E-state index in [0.29, 0.717) is 11.6 Å². The summed E-state index contributed by atoms with van der Waals surface area (Å²) in [5, 5.41) is 4.18. The number of hydrogen-bond donors (Lipinski definition) is 1. The molecule has 0 saturated heterocycles. The lowest BCUT2D eigenvalue weighted by molar-refractivity contribution is 0.663. The summed E-state index contributed by atoms with van der Waals surface area (Å²) in [4.78, 5) is 8.63. The average Bonchev–Trinajstić information content (AvgIpc) is 2.73. The van der Waals surface area contributed by atoms with Crippen LogP contribution in [-0.4, -0.2) is 19.7 Å². The third-order valence-corrected chi connectivity index (χ3v) is 3.27. The zero-order valence-electron chi connectivity index (χ0n) is 9.11. The van der Waals surface area contributed by atoms with Crippen molar-refractivity contribution in [2.24, 2.45) is 0 Å². The molecule has 5 nitrogen and oxygen atoms in total. The first-order valence-corrected chi connectivity index (χ1v) is 5.74. The predicted octanol–water partition coefficient (Wildman–Crippen LogP) is 2.01. The van der Waals surface area contributed by atoms with Crippen molar-refractivity contribution in [3.63, 3.8) is 0 Å². The number of rotatable bonds is 2. The van der Waals surface area contributed by atoms with Crippen LogP contribution in [-0.2, 0) is 6.54 Å². The summed E-state index contributed by atoms with van der Waals surface area (Å²) in [5.41, 5.74) is 7.50. The van der Waals surface area contributed by atoms with E-state index in [9.17, 15) is 0 Å². The van der Waals surface area contributed by atoms with E-state index in [2.05, 4.69) is 31.0 Å². The van der Waals surface area contributed by atoms with Gasteiger partial charge in [0.1, 0.15) is 11.5 Å². The first-order valence-electron chi connectivity index (χ1n) is 4.95. The van der Waals surface area contributed by atoms with E-state index in [1.807, 2.05) is 24.6 Å². The molecular weight excluding hydrogens is 270 g/mol. The largest absolute Gasteiger partial charge is 0.383 e. The summed E-state index contributed by atoms with van der Waals surface area (Å²) in [7, 11) is 0. The second-order valence-electron chi connectivity index (χ2n) is 3.36. The van der Waals surface area contributed by atoms with Crippen molar-refractivity contribution in [3.8, 4) is 11.5 Å². The van der Waals surface area contributed by atoms with Gasteiger partial charge in [0.15, 0.2) is 5.82 Å². The minimum absolute atomic E-state index is 0.450. The van der Waals surface area contributed by atoms with Gasteiger partial charge in [-0.25, -0.2) is 9.97 Å². The molecule has 2 aromatic rings. The van der Waals surface area contributed by atoms with E-state index in [1.54, 1.807) is 6.20 Å². The number of nitrogen functional groups attached to an aromatic ring is 1. The van der Waals surface area contributed by atoms with Crippen LogP contribution in [0.3, 0.4) is 0 Å². The van der Waals surface area contributed by atoms with Gasteiger partial charge >= 0.3 is 0 Å². The van der Waals surface area contributed by atoms with E-state index >= 15 is 0 Å². The third kappa shape index (κ3) is 1.80. The predicted molar refractivity (Wildman–Crippen MR) is 65.8 cm³/mol. The summed E-state index contributed by atoms with van der Waals surface area (Å²) in [5.74, 6) is 1.06. The molecule has 2 heterocycles. The van der Waals surface area contributed by atoms with Gasteiger partial charge in [-0.3, -0.25) is 4.68 Å². The molecule has 6 heteroatoms. The van der Waals surface area contributed by atoms with E-state index in [4.69, 9.17) is 5.73 Å². The second kappa shape index (κ2) is 4.21. The highest BCUT2D eigenvalue weighted by atomic mass is 79.9. The quantitative estimate of drug-likeness (QED) is 0.914. The number of hydrogen-bond acceptors (Lipinski definition) is 4. The molecule has 2 rings (SSSR count). The number of nitrogens with two attached hydrogens (primary N) is 1. The fraction of sp³-hybridized carbons (Fsp3) is 0.300. The summed E-state index contributed by atoms with van der Waals surface area (Å²) in [6, 6.07) is 1.88. The Balaban J connectivity index is 2.57. The number of halogens is 1. The van der Waals surface area contributed by atoms with Gasteiger partial charge in [0, 0.05) is 12.7 Å². The molecule has 0 amide bonds. The van der Waals surface area contributed by atoms with Crippen molar-refractivity contribution in [2.75, 3.05) is 5.73 Å². The molecule has 0 spiro atoms. The van der Waals surface area contributed by atoms with E-state index in [-0.39, 0.29) is 0 Å². The molecular formula is C10H12BrN5. The number of aryl methyl sites for hydroxylation is 2. The summed E-state index contributed by atoms with van der Waals surface area (Å²) in [6.45, 7) is 4.69. The first kappa shape index (κ1) is 11.1. The maximum absolute atomic E-state index is 5.79. The molecule has 0 aliphatic carbocycles. The van der Waals surface area contributed by atoms with Crippen LogP contribution in [0.25, 0.3) is 11.5 Å². The Morgan fingerprint density at radius 3 is 2.81 bits per heavy atom. The number of aromatic nitrogens is 4. The lowest BCUT2D eigenvalue weighted by Crippen LogP contribution is -2.05. The number of nitrogens with zero attached hydrogens (tertiary/aromatic N) is 4. The molecule has 0 aliphatic rings. The highest BCUT2D eigenvalue weighted by Gasteiger charge is 2.11. The summed E-state index contributed by atoms with van der Waals surface area (Å²) >= 11 is 3.34. The fourth-order valence-corrected chi connectivity index (χ4v) is 1.65. The zero-order valence-corrected chi connectivity index (χ0v) is 10.7. The van der Waals surface area contributed by atoms with E-state index in [1.165, 1.54) is 0 Å². The molecule has 0 bridgehead atoms. The molecule has 0 fully saturated rings. The first-order chi connectivity index (χ1) is 7.63. The van der Waals surface area contributed by atoms with Crippen LogP contribution < -0.4 is 5.73 Å². The molecule has 0 aromatic carbocycles. The second-order valence-corrected chi connectivity index (χ2v) is 4.16. The SMILES string of the molecule is CCn1nccc1-c1nc(C)c(Br)c(N)n1. The summed E-state index contributed by atoms with van der Waals surface area (Å²) in [6.07, 6.45) is 1.73. The maximum Gasteiger partial charge on any atom is 0.180 e. The van der Waals surface area contributed by atoms with Gasteiger partial charge in [0.2, 0.25) is 0 Å². The highest BCUT2D eigenvalue weighted by Crippen LogP contribution is 2.24. The van der Waals surface area contributed by atoms with Crippen molar-refractivity contribution < 1.29 is 0 Å². The van der Waals surface area contributed by atoms with Crippen molar-refractivity contribution in [1.29, 1.82) is 0 Å². The normalized spacial score (nSPS) is 10.7. The molecule has 0 unspecified atom stereocenters. The minimum Gasteiger partial charge on any atom is -0.383 e. The van der Waals surface area contributed by atoms with Crippen LogP contribution >= 0.6 is 15.9 Å². The Hall–Kier alpha value is -1.43. The lowest BCUT2D eigenvalue weighted by atomic mass is 10.3. The highest BCUT2D eigenvalue weighted by molar-refractivity contribution is 9.10. The molecule has 0 saturated carbocycles. The Labute approximate surface area is 102 Å². The Bertz CT molecular complexity index is 497. The Kier molecular flexibility index (Phi) is 2.91. The van der Waals surface area contributed by atoms with Gasteiger partial charge < -0.3 is 5.73 Å². The zero-order chi connectivity index (χ0) is 11.7. The molecule has 0 atom stereocenters. The van der Waals surface area contributed by atoms with Crippen LogP contribution in [0.15, 0.2) is 16.7 Å². The van der Waals surface area contributed by atoms with Crippen LogP contribution in [0.4, 0.5) is 5.82 Å². The molecule has 0 aliphatic heterocycles. The smallest absolute Gasteiger partial charge is 0.180 e. The van der Waals surface area contributed by atoms with E-state index < -0.39 is 0 Å². The van der Waals surface area contributed by atoms with Gasteiger partial charge in [-0.15, -0.1) is 0 Å². The standard InChI is InChI=1S/C10H12BrN5/c1-3-16-7(4-5-13-16)10-14-6(2)8(11)9(12)15-10/h4-5H,3H2,1-2H3,(H2,12,14,15). The third-order valence-electron chi connectivity index (χ3n) is 2.29. The van der Waals surface area contributed by atoms with Gasteiger partial charge in [-0.1, -0.05) is 0 Å². The lowest BCUT2D eigenvalue weighted by Gasteiger charge is -2.07. The molecule has 0 radical (unpaired) electrons. The fourth-order valence-electron chi connectivity index (χ4n) is 1.47. The van der Waals surface area contributed by atoms with Gasteiger partial charge in [0.05, 0.1) is 10.2 Å². The van der Waals surface area contributed by atoms with Crippen LogP contribution in [0.5, 0.6) is 0 Å². The molecule has 16 heavy (non-hydrogen) atoms. The maximum atomic E-state index is 5.79. The minimum atomic E-state index is 0.450. The van der Waals surface area contributed by atoms with Crippen molar-refractivity contribution in [3.05, 3.63) is 22.4 Å². The summed E-state index contributed by atoms with van der Waals surface area (Å²) < 4.78 is 2.58. The van der Waals surface area contributed by atoms with Gasteiger partial charge in [-0.05, 0) is 35.8 Å². The van der Waals surface area contributed by atoms with Crippen molar-refractivity contribution in [1.82, 2.24) is 19.7 Å². The Morgan fingerprint density at radius 2 is 2.19 bits per heavy atom. The van der Waals surface area contributed by atoms with Gasteiger partial charge in [0.25, 0.3) is 0 Å². The Morgan fingerprint density at radius 1 is 1.44 bits per heavy atom. The van der Waals surface area contributed by atoms with Crippen molar-refractivity contribution in [2.45, 2.75) is 20.4 Å². The van der Waals surface area contributed by atoms with Gasteiger partial charge in [-0.2, -0.15) is 5.10 Å².